The van der Waals surface area contributed by atoms with Crippen molar-refractivity contribution >= 4 is 26.8 Å². The average Bonchev–Trinajstić information content (AvgIpc) is 2.50. The molecule has 1 atom stereocenters. The van der Waals surface area contributed by atoms with Gasteiger partial charge in [0.25, 0.3) is 0 Å². The van der Waals surface area contributed by atoms with Crippen LogP contribution in [0.1, 0.15) is 22.9 Å². The number of nitrogens with zero attached hydrogens (tertiary/aromatic N) is 1. The quantitative estimate of drug-likeness (QED) is 0.756. The molecule has 21 heavy (non-hydrogen) atoms. The first kappa shape index (κ1) is 14.2. The number of benzene rings is 2. The van der Waals surface area contributed by atoms with Crippen LogP contribution in [0.3, 0.4) is 0 Å². The monoisotopic (exact) mass is 341 g/mol. The molecule has 1 aromatic heterocycles. The van der Waals surface area contributed by atoms with E-state index in [1.54, 1.807) is 0 Å². The van der Waals surface area contributed by atoms with Gasteiger partial charge in [0.05, 0.1) is 11.6 Å². The van der Waals surface area contributed by atoms with Crippen LogP contribution in [0.4, 0.5) is 0 Å². The third-order valence-corrected chi connectivity index (χ3v) is 4.52. The van der Waals surface area contributed by atoms with Crippen LogP contribution in [0.5, 0.6) is 0 Å². The number of halogens is 1. The summed E-state index contributed by atoms with van der Waals surface area (Å²) in [7, 11) is 0. The zero-order valence-corrected chi connectivity index (χ0v) is 13.3. The second-order valence-corrected chi connectivity index (χ2v) is 6.08. The molecule has 1 unspecified atom stereocenters. The standard InChI is InChI=1S/C18H16BrNO/c1-12-10-14(7-9-16(12)19)18(21)11-15-8-6-13-4-2-3-5-17(13)20-15/h2-10,18,21H,11H2,1H3. The van der Waals surface area contributed by atoms with Crippen LogP contribution in [0, 0.1) is 6.92 Å². The Kier molecular flexibility index (Phi) is 4.04. The van der Waals surface area contributed by atoms with Gasteiger partial charge in [0, 0.05) is 22.0 Å². The van der Waals surface area contributed by atoms with Crippen LogP contribution in [-0.2, 0) is 6.42 Å². The van der Waals surface area contributed by atoms with Gasteiger partial charge in [-0.25, -0.2) is 0 Å². The summed E-state index contributed by atoms with van der Waals surface area (Å²) >= 11 is 3.48. The Balaban J connectivity index is 1.85. The summed E-state index contributed by atoms with van der Waals surface area (Å²) < 4.78 is 1.06. The Morgan fingerprint density at radius 2 is 1.90 bits per heavy atom. The van der Waals surface area contributed by atoms with Gasteiger partial charge in [-0.2, -0.15) is 0 Å². The first-order valence-corrected chi connectivity index (χ1v) is 7.71. The molecule has 0 saturated heterocycles. The zero-order chi connectivity index (χ0) is 14.8. The minimum absolute atomic E-state index is 0.520. The molecule has 106 valence electrons. The molecule has 3 rings (SSSR count). The first-order chi connectivity index (χ1) is 10.1. The molecule has 3 aromatic rings. The molecular formula is C18H16BrNO. The highest BCUT2D eigenvalue weighted by Crippen LogP contribution is 2.24. The predicted octanol–water partition coefficient (Wildman–Crippen LogP) is 4.58. The van der Waals surface area contributed by atoms with E-state index in [2.05, 4.69) is 27.0 Å². The van der Waals surface area contributed by atoms with Crippen molar-refractivity contribution in [3.05, 3.63) is 75.9 Å². The molecule has 0 radical (unpaired) electrons. The van der Waals surface area contributed by atoms with E-state index in [4.69, 9.17) is 0 Å². The van der Waals surface area contributed by atoms with Crippen molar-refractivity contribution in [1.29, 1.82) is 0 Å². The van der Waals surface area contributed by atoms with Gasteiger partial charge < -0.3 is 5.11 Å². The van der Waals surface area contributed by atoms with E-state index in [0.717, 1.165) is 32.2 Å². The van der Waals surface area contributed by atoms with Crippen LogP contribution in [0.2, 0.25) is 0 Å². The summed E-state index contributed by atoms with van der Waals surface area (Å²) in [4.78, 5) is 4.61. The van der Waals surface area contributed by atoms with E-state index in [0.29, 0.717) is 6.42 Å². The fourth-order valence-electron chi connectivity index (χ4n) is 2.41. The van der Waals surface area contributed by atoms with Crippen molar-refractivity contribution in [3.63, 3.8) is 0 Å². The Morgan fingerprint density at radius 3 is 2.71 bits per heavy atom. The second kappa shape index (κ2) is 5.96. The van der Waals surface area contributed by atoms with E-state index < -0.39 is 6.10 Å². The maximum absolute atomic E-state index is 10.4. The number of aromatic nitrogens is 1. The Morgan fingerprint density at radius 1 is 1.10 bits per heavy atom. The lowest BCUT2D eigenvalue weighted by Gasteiger charge is -2.12. The number of aliphatic hydroxyl groups excluding tert-OH is 1. The molecule has 1 N–H and O–H groups in total. The number of aliphatic hydroxyl groups is 1. The van der Waals surface area contributed by atoms with Gasteiger partial charge in [-0.15, -0.1) is 0 Å². The third kappa shape index (κ3) is 3.14. The summed E-state index contributed by atoms with van der Waals surface area (Å²) in [6, 6.07) is 18.0. The van der Waals surface area contributed by atoms with Crippen LogP contribution < -0.4 is 0 Å². The molecule has 0 saturated carbocycles. The fourth-order valence-corrected chi connectivity index (χ4v) is 2.66. The van der Waals surface area contributed by atoms with Crippen molar-refractivity contribution in [2.24, 2.45) is 0 Å². The number of hydrogen-bond donors (Lipinski definition) is 1. The number of para-hydroxylation sites is 1. The highest BCUT2D eigenvalue weighted by atomic mass is 79.9. The Hall–Kier alpha value is -1.71. The normalized spacial score (nSPS) is 12.5. The van der Waals surface area contributed by atoms with Gasteiger partial charge in [-0.3, -0.25) is 4.98 Å². The molecule has 0 fully saturated rings. The van der Waals surface area contributed by atoms with Crippen molar-refractivity contribution in [2.75, 3.05) is 0 Å². The fraction of sp³-hybridized carbons (Fsp3) is 0.167. The lowest BCUT2D eigenvalue weighted by Crippen LogP contribution is -2.04. The van der Waals surface area contributed by atoms with Gasteiger partial charge in [0.1, 0.15) is 0 Å². The minimum Gasteiger partial charge on any atom is -0.388 e. The van der Waals surface area contributed by atoms with E-state index in [1.165, 1.54) is 0 Å². The zero-order valence-electron chi connectivity index (χ0n) is 11.8. The smallest absolute Gasteiger partial charge is 0.0845 e. The van der Waals surface area contributed by atoms with Crippen molar-refractivity contribution in [1.82, 2.24) is 4.98 Å². The minimum atomic E-state index is -0.537. The summed E-state index contributed by atoms with van der Waals surface area (Å²) in [5.74, 6) is 0. The van der Waals surface area contributed by atoms with Crippen LogP contribution in [0.25, 0.3) is 10.9 Å². The maximum Gasteiger partial charge on any atom is 0.0845 e. The van der Waals surface area contributed by atoms with Gasteiger partial charge in [0.15, 0.2) is 0 Å². The van der Waals surface area contributed by atoms with E-state index in [-0.39, 0.29) is 0 Å². The Labute approximate surface area is 132 Å². The van der Waals surface area contributed by atoms with Gasteiger partial charge in [-0.05, 0) is 36.2 Å². The van der Waals surface area contributed by atoms with Gasteiger partial charge >= 0.3 is 0 Å². The molecule has 0 aliphatic carbocycles. The molecule has 0 aliphatic rings. The number of rotatable bonds is 3. The van der Waals surface area contributed by atoms with Gasteiger partial charge in [-0.1, -0.05) is 52.3 Å². The summed E-state index contributed by atoms with van der Waals surface area (Å²) in [5.41, 5.74) is 3.92. The lowest BCUT2D eigenvalue weighted by atomic mass is 10.0. The van der Waals surface area contributed by atoms with Crippen LogP contribution >= 0.6 is 15.9 Å². The van der Waals surface area contributed by atoms with Crippen LogP contribution in [0.15, 0.2) is 59.1 Å². The van der Waals surface area contributed by atoms with Crippen molar-refractivity contribution in [3.8, 4) is 0 Å². The van der Waals surface area contributed by atoms with Crippen molar-refractivity contribution < 1.29 is 5.11 Å². The number of aryl methyl sites for hydroxylation is 1. The molecule has 2 nitrogen and oxygen atoms in total. The van der Waals surface area contributed by atoms with Crippen molar-refractivity contribution in [2.45, 2.75) is 19.4 Å². The SMILES string of the molecule is Cc1cc(C(O)Cc2ccc3ccccc3n2)ccc1Br. The van der Waals surface area contributed by atoms with E-state index in [9.17, 15) is 5.11 Å². The number of fused-ring (bicyclic) bond motifs is 1. The molecule has 0 spiro atoms. The number of pyridine rings is 1. The largest absolute Gasteiger partial charge is 0.388 e. The first-order valence-electron chi connectivity index (χ1n) is 6.92. The number of hydrogen-bond acceptors (Lipinski definition) is 2. The molecule has 0 aliphatic heterocycles. The molecular weight excluding hydrogens is 326 g/mol. The highest BCUT2D eigenvalue weighted by Gasteiger charge is 2.11. The summed E-state index contributed by atoms with van der Waals surface area (Å²) in [6.45, 7) is 2.02. The van der Waals surface area contributed by atoms with E-state index in [1.807, 2.05) is 55.5 Å². The second-order valence-electron chi connectivity index (χ2n) is 5.22. The summed E-state index contributed by atoms with van der Waals surface area (Å²) in [6.07, 6.45) is -0.0169. The molecule has 3 heteroatoms. The molecule has 2 aromatic carbocycles. The average molecular weight is 342 g/mol. The lowest BCUT2D eigenvalue weighted by molar-refractivity contribution is 0.177. The van der Waals surface area contributed by atoms with Crippen LogP contribution in [-0.4, -0.2) is 10.1 Å². The molecule has 0 bridgehead atoms. The van der Waals surface area contributed by atoms with Gasteiger partial charge in [0.2, 0.25) is 0 Å². The molecule has 1 heterocycles. The molecule has 0 amide bonds. The predicted molar refractivity (Wildman–Crippen MR) is 89.3 cm³/mol. The van der Waals surface area contributed by atoms with E-state index >= 15 is 0 Å². The Bertz CT molecular complexity index is 785. The maximum atomic E-state index is 10.4. The highest BCUT2D eigenvalue weighted by molar-refractivity contribution is 9.10. The topological polar surface area (TPSA) is 33.1 Å². The summed E-state index contributed by atoms with van der Waals surface area (Å²) in [5, 5.41) is 11.5. The third-order valence-electron chi connectivity index (χ3n) is 3.63.